The molecule has 0 spiro atoms. The van der Waals surface area contributed by atoms with E-state index in [1.54, 1.807) is 7.05 Å². The van der Waals surface area contributed by atoms with Gasteiger partial charge in [0, 0.05) is 11.5 Å². The Morgan fingerprint density at radius 1 is 1.04 bits per heavy atom. The summed E-state index contributed by atoms with van der Waals surface area (Å²) in [4.78, 5) is 21.2. The van der Waals surface area contributed by atoms with Crippen LogP contribution in [0.2, 0.25) is 0 Å². The SMILES string of the molecule is CC.CC(C)(C)OC=O.CNc1ccc(Br)cc1NC(=O)OC(C)(C)C. The monoisotopic (exact) mass is 432 g/mol. The highest BCUT2D eigenvalue weighted by Crippen LogP contribution is 2.26. The van der Waals surface area contributed by atoms with Gasteiger partial charge in [0.05, 0.1) is 11.4 Å². The summed E-state index contributed by atoms with van der Waals surface area (Å²) in [5.74, 6) is 0. The lowest BCUT2D eigenvalue weighted by molar-refractivity contribution is -0.138. The number of rotatable bonds is 3. The lowest BCUT2D eigenvalue weighted by atomic mass is 10.2. The molecule has 0 aliphatic heterocycles. The van der Waals surface area contributed by atoms with Crippen LogP contribution in [0.1, 0.15) is 55.4 Å². The molecule has 0 saturated heterocycles. The first-order chi connectivity index (χ1) is 11.9. The van der Waals surface area contributed by atoms with Gasteiger partial charge in [-0.1, -0.05) is 29.8 Å². The van der Waals surface area contributed by atoms with Crippen molar-refractivity contribution in [3.05, 3.63) is 22.7 Å². The fourth-order valence-corrected chi connectivity index (χ4v) is 1.76. The van der Waals surface area contributed by atoms with Gasteiger partial charge in [-0.3, -0.25) is 10.1 Å². The summed E-state index contributed by atoms with van der Waals surface area (Å²) in [6.07, 6.45) is -0.466. The standard InChI is InChI=1S/C12H17BrN2O2.C5H10O2.C2H6/c1-12(2,3)17-11(16)15-10-7-8(13)5-6-9(10)14-4;1-5(2,3)7-4-6;1-2/h5-7,14H,1-4H3,(H,15,16);4H,1-3H3;1-2H3. The molecule has 150 valence electrons. The number of halogens is 1. The fourth-order valence-electron chi connectivity index (χ4n) is 1.40. The van der Waals surface area contributed by atoms with Crippen LogP contribution in [0.15, 0.2) is 22.7 Å². The third-order valence-corrected chi connectivity index (χ3v) is 2.78. The van der Waals surface area contributed by atoms with Crippen LogP contribution in [-0.2, 0) is 14.3 Å². The highest BCUT2D eigenvalue weighted by molar-refractivity contribution is 9.10. The number of hydrogen-bond donors (Lipinski definition) is 2. The molecular formula is C19H33BrN2O4. The first-order valence-corrected chi connectivity index (χ1v) is 9.26. The van der Waals surface area contributed by atoms with Gasteiger partial charge in [0.1, 0.15) is 11.2 Å². The van der Waals surface area contributed by atoms with E-state index in [1.165, 1.54) is 0 Å². The van der Waals surface area contributed by atoms with Crippen molar-refractivity contribution >= 4 is 39.9 Å². The van der Waals surface area contributed by atoms with Gasteiger partial charge in [0.25, 0.3) is 6.47 Å². The summed E-state index contributed by atoms with van der Waals surface area (Å²) in [6, 6.07) is 5.58. The minimum absolute atomic E-state index is 0.318. The molecule has 0 radical (unpaired) electrons. The molecule has 0 unspecified atom stereocenters. The molecular weight excluding hydrogens is 400 g/mol. The van der Waals surface area contributed by atoms with E-state index < -0.39 is 11.7 Å². The van der Waals surface area contributed by atoms with Crippen LogP contribution >= 0.6 is 15.9 Å². The third kappa shape index (κ3) is 14.6. The summed E-state index contributed by atoms with van der Waals surface area (Å²) < 4.78 is 10.6. The van der Waals surface area contributed by atoms with Crippen molar-refractivity contribution in [3.63, 3.8) is 0 Å². The number of carbonyl (C=O) groups excluding carboxylic acids is 2. The van der Waals surface area contributed by atoms with Crippen LogP contribution in [0.5, 0.6) is 0 Å². The maximum absolute atomic E-state index is 11.6. The summed E-state index contributed by atoms with van der Waals surface area (Å²) in [5, 5.41) is 5.71. The Kier molecular flexibility index (Phi) is 12.8. The number of amides is 1. The van der Waals surface area contributed by atoms with Gasteiger partial charge in [-0.25, -0.2) is 4.79 Å². The summed E-state index contributed by atoms with van der Waals surface area (Å²) >= 11 is 3.36. The van der Waals surface area contributed by atoms with E-state index in [0.717, 1.165) is 10.2 Å². The van der Waals surface area contributed by atoms with Crippen LogP contribution in [0, 0.1) is 0 Å². The van der Waals surface area contributed by atoms with Crippen LogP contribution < -0.4 is 10.6 Å². The van der Waals surface area contributed by atoms with Gasteiger partial charge >= 0.3 is 6.09 Å². The third-order valence-electron chi connectivity index (χ3n) is 2.29. The highest BCUT2D eigenvalue weighted by Gasteiger charge is 2.17. The molecule has 6 nitrogen and oxygen atoms in total. The second kappa shape index (κ2) is 12.6. The molecule has 1 aromatic carbocycles. The lowest BCUT2D eigenvalue weighted by Crippen LogP contribution is -2.27. The molecule has 0 atom stereocenters. The van der Waals surface area contributed by atoms with Crippen LogP contribution in [0.3, 0.4) is 0 Å². The smallest absolute Gasteiger partial charge is 0.412 e. The van der Waals surface area contributed by atoms with Gasteiger partial charge < -0.3 is 14.8 Å². The zero-order chi connectivity index (χ0) is 21.0. The number of nitrogens with one attached hydrogen (secondary N) is 2. The normalized spacial score (nSPS) is 10.2. The average molecular weight is 433 g/mol. The molecule has 1 rings (SSSR count). The number of ether oxygens (including phenoxy) is 2. The molecule has 0 aliphatic rings. The van der Waals surface area contributed by atoms with E-state index in [4.69, 9.17) is 4.74 Å². The first-order valence-electron chi connectivity index (χ1n) is 8.46. The summed E-state index contributed by atoms with van der Waals surface area (Å²) in [7, 11) is 1.80. The van der Waals surface area contributed by atoms with Crippen LogP contribution in [-0.4, -0.2) is 30.8 Å². The van der Waals surface area contributed by atoms with Crippen molar-refractivity contribution in [3.8, 4) is 0 Å². The van der Waals surface area contributed by atoms with Gasteiger partial charge in [-0.2, -0.15) is 0 Å². The summed E-state index contributed by atoms with van der Waals surface area (Å²) in [6.45, 7) is 15.4. The first kappa shape index (κ1) is 26.5. The van der Waals surface area contributed by atoms with E-state index in [9.17, 15) is 9.59 Å². The minimum Gasteiger partial charge on any atom is -0.462 e. The Bertz CT molecular complexity index is 549. The average Bonchev–Trinajstić information content (AvgIpc) is 2.47. The number of anilines is 2. The van der Waals surface area contributed by atoms with Gasteiger partial charge in [0.15, 0.2) is 0 Å². The predicted molar refractivity (Wildman–Crippen MR) is 112 cm³/mol. The molecule has 0 saturated carbocycles. The Balaban J connectivity index is 0. The quantitative estimate of drug-likeness (QED) is 0.588. The zero-order valence-electron chi connectivity index (χ0n) is 17.3. The number of hydrogen-bond acceptors (Lipinski definition) is 5. The Hall–Kier alpha value is -1.76. The number of carbonyl (C=O) groups is 2. The second-order valence-electron chi connectivity index (χ2n) is 6.89. The molecule has 0 fully saturated rings. The fraction of sp³-hybridized carbons (Fsp3) is 0.579. The number of benzene rings is 1. The van der Waals surface area contributed by atoms with E-state index in [-0.39, 0.29) is 5.60 Å². The Morgan fingerprint density at radius 2 is 1.58 bits per heavy atom. The Labute approximate surface area is 166 Å². The predicted octanol–water partition coefficient (Wildman–Crippen LogP) is 5.82. The topological polar surface area (TPSA) is 76.7 Å². The van der Waals surface area contributed by atoms with Crippen molar-refractivity contribution in [2.45, 2.75) is 66.6 Å². The van der Waals surface area contributed by atoms with Gasteiger partial charge in [-0.05, 0) is 59.7 Å². The van der Waals surface area contributed by atoms with Crippen LogP contribution in [0.25, 0.3) is 0 Å². The second-order valence-corrected chi connectivity index (χ2v) is 7.81. The maximum atomic E-state index is 11.6. The largest absolute Gasteiger partial charge is 0.462 e. The summed E-state index contributed by atoms with van der Waals surface area (Å²) in [5.41, 5.74) is 0.688. The van der Waals surface area contributed by atoms with Crippen molar-refractivity contribution in [1.82, 2.24) is 0 Å². The molecule has 0 bridgehead atoms. The van der Waals surface area contributed by atoms with E-state index in [1.807, 2.05) is 73.6 Å². The highest BCUT2D eigenvalue weighted by atomic mass is 79.9. The van der Waals surface area contributed by atoms with Crippen molar-refractivity contribution in [2.75, 3.05) is 17.7 Å². The van der Waals surface area contributed by atoms with E-state index >= 15 is 0 Å². The minimum atomic E-state index is -0.504. The van der Waals surface area contributed by atoms with Crippen molar-refractivity contribution in [2.24, 2.45) is 0 Å². The molecule has 26 heavy (non-hydrogen) atoms. The van der Waals surface area contributed by atoms with Gasteiger partial charge in [-0.15, -0.1) is 0 Å². The van der Waals surface area contributed by atoms with E-state index in [0.29, 0.717) is 12.2 Å². The molecule has 0 aromatic heterocycles. The molecule has 7 heteroatoms. The molecule has 0 aliphatic carbocycles. The van der Waals surface area contributed by atoms with Crippen molar-refractivity contribution < 1.29 is 19.1 Å². The van der Waals surface area contributed by atoms with Gasteiger partial charge in [0.2, 0.25) is 0 Å². The lowest BCUT2D eigenvalue weighted by Gasteiger charge is -2.20. The molecule has 1 aromatic rings. The van der Waals surface area contributed by atoms with Crippen molar-refractivity contribution in [1.29, 1.82) is 0 Å². The van der Waals surface area contributed by atoms with Crippen LogP contribution in [0.4, 0.5) is 16.2 Å². The Morgan fingerprint density at radius 3 is 1.92 bits per heavy atom. The molecule has 2 N–H and O–H groups in total. The molecule has 1 amide bonds. The molecule has 0 heterocycles. The van der Waals surface area contributed by atoms with E-state index in [2.05, 4.69) is 31.3 Å². The zero-order valence-corrected chi connectivity index (χ0v) is 18.9. The maximum Gasteiger partial charge on any atom is 0.412 e.